The lowest BCUT2D eigenvalue weighted by molar-refractivity contribution is 1.79. The van der Waals surface area contributed by atoms with E-state index >= 15 is 0 Å². The normalized spacial score (nSPS) is 14.5. The molecule has 0 aromatic heterocycles. The van der Waals surface area contributed by atoms with Crippen molar-refractivity contribution in [2.24, 2.45) is 0 Å². The van der Waals surface area contributed by atoms with Crippen molar-refractivity contribution in [2.75, 3.05) is 0 Å². The SMILES string of the molecule is c1ccc2cc3cc4cc5cc6c(ccc7cc8cc9cc%10cc%11cccc([Si]%12[Si][Si][Si][Si][Si]%12)c%11cc%10cc9cc8cc76)cc5cc4cc3cc2c1. The average molecular weight is 746 g/mol. The monoisotopic (exact) mass is 745 g/mol. The van der Waals surface area contributed by atoms with Gasteiger partial charge in [-0.05, 0) is 205 Å². The lowest BCUT2D eigenvalue weighted by Crippen LogP contribution is -2.55. The molecule has 0 atom stereocenters. The van der Waals surface area contributed by atoms with Crippen LogP contribution >= 0.6 is 0 Å². The summed E-state index contributed by atoms with van der Waals surface area (Å²) >= 11 is 0. The molecule has 0 unspecified atom stereocenters. The van der Waals surface area contributed by atoms with E-state index in [2.05, 4.69) is 152 Å². The Balaban J connectivity index is 1.02. The standard InChI is InChI=1S/C46H25Si6/c1-2-5-27-11-32-16-38-20-40-23-43-29(13-34(40)18-36(38)15-31(32)10-26(27)4-1)8-9-30-14-35-19-37-17-33-12-28-6-3-7-46(52-50-48-47-49-51-52)45(28)25-42(33)22-39(37)21-41(35)24-44(30)43/h1-25H. The Bertz CT molecular complexity index is 3350. The molecule has 1 heterocycles. The van der Waals surface area contributed by atoms with Crippen molar-refractivity contribution in [2.45, 2.75) is 0 Å². The molecule has 11 aromatic carbocycles. The van der Waals surface area contributed by atoms with Crippen molar-refractivity contribution in [3.8, 4) is 0 Å². The predicted octanol–water partition coefficient (Wildman–Crippen LogP) is 10.1. The first-order chi connectivity index (χ1) is 25.7. The van der Waals surface area contributed by atoms with Crippen LogP contribution in [-0.2, 0) is 0 Å². The lowest BCUT2D eigenvalue weighted by atomic mass is 9.92. The topological polar surface area (TPSA) is 0 Å². The molecule has 1 aliphatic heterocycles. The average Bonchev–Trinajstić information content (AvgIpc) is 3.17. The Labute approximate surface area is 313 Å². The molecule has 11 radical (unpaired) electrons. The molecule has 1 fully saturated rings. The van der Waals surface area contributed by atoms with Crippen molar-refractivity contribution in [3.05, 3.63) is 152 Å². The highest BCUT2D eigenvalue weighted by molar-refractivity contribution is 7.81. The minimum Gasteiger partial charge on any atom is -0.0633 e. The molecule has 52 heavy (non-hydrogen) atoms. The Kier molecular flexibility index (Phi) is 6.55. The van der Waals surface area contributed by atoms with E-state index in [1.54, 1.807) is 5.19 Å². The van der Waals surface area contributed by atoms with E-state index in [1.807, 2.05) is 0 Å². The van der Waals surface area contributed by atoms with Crippen LogP contribution in [0.15, 0.2) is 152 Å². The first kappa shape index (κ1) is 29.9. The van der Waals surface area contributed by atoms with Gasteiger partial charge in [-0.2, -0.15) is 0 Å². The third-order valence-electron chi connectivity index (χ3n) is 11.2. The first-order valence-electron chi connectivity index (χ1n) is 17.7. The van der Waals surface area contributed by atoms with Crippen molar-refractivity contribution >= 4 is 164 Å². The van der Waals surface area contributed by atoms with Gasteiger partial charge in [-0.1, -0.05) is 59.8 Å². The Hall–Kier alpha value is -4.68. The highest BCUT2D eigenvalue weighted by Gasteiger charge is 2.21. The molecular formula is C46H25Si6. The van der Waals surface area contributed by atoms with Gasteiger partial charge < -0.3 is 0 Å². The molecule has 1 aliphatic rings. The Morgan fingerprint density at radius 2 is 0.577 bits per heavy atom. The van der Waals surface area contributed by atoms with Gasteiger partial charge in [0.25, 0.3) is 0 Å². The second-order valence-electron chi connectivity index (χ2n) is 14.3. The lowest BCUT2D eigenvalue weighted by Gasteiger charge is -2.20. The van der Waals surface area contributed by atoms with E-state index < -0.39 is 0 Å². The summed E-state index contributed by atoms with van der Waals surface area (Å²) in [7, 11) is 5.75. The first-order valence-corrected chi connectivity index (χ1v) is 30.2. The number of rotatable bonds is 1. The molecule has 233 valence electrons. The molecule has 0 amide bonds. The molecule has 12 rings (SSSR count). The van der Waals surface area contributed by atoms with Gasteiger partial charge in [-0.15, -0.1) is 0 Å². The Morgan fingerprint density at radius 3 is 1.02 bits per heavy atom. The highest BCUT2D eigenvalue weighted by Crippen LogP contribution is 2.37. The summed E-state index contributed by atoms with van der Waals surface area (Å²) in [5, 5.41) is 28.2. The third-order valence-corrected chi connectivity index (χ3v) is 47.0. The fourth-order valence-corrected chi connectivity index (χ4v) is 64.6. The maximum atomic E-state index is 2.52. The molecule has 0 bridgehead atoms. The molecule has 11 aromatic rings. The van der Waals surface area contributed by atoms with Gasteiger partial charge in [0.2, 0.25) is 0 Å². The maximum absolute atomic E-state index is 2.52. The summed E-state index contributed by atoms with van der Waals surface area (Å²) < 4.78 is 0. The van der Waals surface area contributed by atoms with Crippen LogP contribution in [-0.4, -0.2) is 50.6 Å². The molecule has 6 heteroatoms. The van der Waals surface area contributed by atoms with E-state index in [0.717, 1.165) is 0 Å². The number of hydrogen-bond acceptors (Lipinski definition) is 0. The summed E-state index contributed by atoms with van der Waals surface area (Å²) in [6.07, 6.45) is 0. The predicted molar refractivity (Wildman–Crippen MR) is 236 cm³/mol. The second-order valence-corrected chi connectivity index (χ2v) is 36.3. The smallest absolute Gasteiger partial charge is 0.0519 e. The maximum Gasteiger partial charge on any atom is 0.0519 e. The zero-order chi connectivity index (χ0) is 33.9. The van der Waals surface area contributed by atoms with Gasteiger partial charge in [0.15, 0.2) is 0 Å². The van der Waals surface area contributed by atoms with Gasteiger partial charge in [0.05, 0.1) is 7.83 Å². The summed E-state index contributed by atoms with van der Waals surface area (Å²) in [5.74, 6) is 0. The van der Waals surface area contributed by atoms with Gasteiger partial charge in [0.1, 0.15) is 0 Å². The van der Waals surface area contributed by atoms with Crippen LogP contribution in [0.3, 0.4) is 0 Å². The van der Waals surface area contributed by atoms with Crippen molar-refractivity contribution < 1.29 is 0 Å². The van der Waals surface area contributed by atoms with Crippen LogP contribution in [0, 0.1) is 0 Å². The second kappa shape index (κ2) is 11.4. The summed E-state index contributed by atoms with van der Waals surface area (Å²) in [6, 6.07) is 58.9. The molecule has 0 N–H and O–H groups in total. The molecule has 1 saturated heterocycles. The van der Waals surface area contributed by atoms with Gasteiger partial charge in [-0.3, -0.25) is 0 Å². The quantitative estimate of drug-likeness (QED) is 0.0892. The van der Waals surface area contributed by atoms with Crippen molar-refractivity contribution in [3.63, 3.8) is 0 Å². The zero-order valence-electron chi connectivity index (χ0n) is 27.9. The van der Waals surface area contributed by atoms with E-state index in [0.29, 0.717) is 0 Å². The van der Waals surface area contributed by atoms with Crippen molar-refractivity contribution in [1.82, 2.24) is 0 Å². The number of fused-ring (bicyclic) bond motifs is 11. The summed E-state index contributed by atoms with van der Waals surface area (Å²) in [5.41, 5.74) is 0. The largest absolute Gasteiger partial charge is 0.0633 e. The molecule has 0 spiro atoms. The summed E-state index contributed by atoms with van der Waals surface area (Å²) in [6.45, 7) is 0. The van der Waals surface area contributed by atoms with E-state index in [-0.39, 0.29) is 7.83 Å². The zero-order valence-corrected chi connectivity index (χ0v) is 33.9. The van der Waals surface area contributed by atoms with Crippen LogP contribution < -0.4 is 5.19 Å². The summed E-state index contributed by atoms with van der Waals surface area (Å²) in [4.78, 5) is 0. The van der Waals surface area contributed by atoms with Gasteiger partial charge in [-0.25, -0.2) is 0 Å². The van der Waals surface area contributed by atoms with Crippen LogP contribution in [0.1, 0.15) is 0 Å². The molecule has 0 aliphatic carbocycles. The minimum atomic E-state index is -0.381. The fraction of sp³-hybridized carbons (Fsp3) is 0. The van der Waals surface area contributed by atoms with Crippen molar-refractivity contribution in [1.29, 1.82) is 0 Å². The number of benzene rings is 11. The van der Waals surface area contributed by atoms with Gasteiger partial charge in [0, 0.05) is 42.8 Å². The molecule has 0 saturated carbocycles. The van der Waals surface area contributed by atoms with E-state index in [1.165, 1.54) is 150 Å². The van der Waals surface area contributed by atoms with Crippen LogP contribution in [0.2, 0.25) is 0 Å². The molecule has 0 nitrogen and oxygen atoms in total. The van der Waals surface area contributed by atoms with E-state index in [4.69, 9.17) is 0 Å². The third kappa shape index (κ3) is 4.72. The number of hydrogen-bond donors (Lipinski definition) is 0. The van der Waals surface area contributed by atoms with Crippen LogP contribution in [0.4, 0.5) is 0 Å². The fourth-order valence-electron chi connectivity index (χ4n) is 8.63. The van der Waals surface area contributed by atoms with Crippen LogP contribution in [0.5, 0.6) is 0 Å². The minimum absolute atomic E-state index is 0.381. The van der Waals surface area contributed by atoms with Gasteiger partial charge >= 0.3 is 0 Å². The molecular weight excluding hydrogens is 721 g/mol. The van der Waals surface area contributed by atoms with Crippen LogP contribution in [0.25, 0.3) is 108 Å². The Morgan fingerprint density at radius 1 is 0.250 bits per heavy atom. The highest BCUT2D eigenvalue weighted by atomic mass is 30.1. The van der Waals surface area contributed by atoms with E-state index in [9.17, 15) is 0 Å².